The second-order valence-corrected chi connectivity index (χ2v) is 6.69. The molecule has 0 N–H and O–H groups in total. The van der Waals surface area contributed by atoms with Gasteiger partial charge in [-0.25, -0.2) is 4.79 Å². The van der Waals surface area contributed by atoms with Crippen LogP contribution in [0.5, 0.6) is 0 Å². The number of carbonyl (C=O) groups is 2. The third-order valence-electron chi connectivity index (χ3n) is 4.18. The molecule has 1 aliphatic rings. The van der Waals surface area contributed by atoms with Gasteiger partial charge < -0.3 is 9.64 Å². The third-order valence-corrected chi connectivity index (χ3v) is 4.92. The van der Waals surface area contributed by atoms with Gasteiger partial charge in [-0.2, -0.15) is 0 Å². The van der Waals surface area contributed by atoms with E-state index in [2.05, 4.69) is 0 Å². The van der Waals surface area contributed by atoms with Gasteiger partial charge in [-0.05, 0) is 36.6 Å². The van der Waals surface area contributed by atoms with Crippen LogP contribution in [0.4, 0.5) is 0 Å². The molecule has 1 heterocycles. The molecule has 25 heavy (non-hydrogen) atoms. The van der Waals surface area contributed by atoms with Gasteiger partial charge in [0.1, 0.15) is 12.6 Å². The molecule has 1 saturated heterocycles. The van der Waals surface area contributed by atoms with Gasteiger partial charge in [-0.1, -0.05) is 53.5 Å². The summed E-state index contributed by atoms with van der Waals surface area (Å²) in [5, 5.41) is 0.702. The molecule has 0 saturated carbocycles. The predicted octanol–water partition coefficient (Wildman–Crippen LogP) is 4.34. The van der Waals surface area contributed by atoms with E-state index in [1.165, 1.54) is 6.07 Å². The Hall–Kier alpha value is -2.04. The quantitative estimate of drug-likeness (QED) is 0.744. The number of hydrogen-bond donors (Lipinski definition) is 0. The number of halogens is 2. The average molecular weight is 378 g/mol. The van der Waals surface area contributed by atoms with Crippen molar-refractivity contribution in [3.8, 4) is 0 Å². The Morgan fingerprint density at radius 3 is 2.56 bits per heavy atom. The maximum absolute atomic E-state index is 12.7. The molecule has 2 aromatic carbocycles. The molecule has 1 amide bonds. The molecule has 0 bridgehead atoms. The van der Waals surface area contributed by atoms with Crippen molar-refractivity contribution in [2.75, 3.05) is 6.54 Å². The first kappa shape index (κ1) is 17.8. The van der Waals surface area contributed by atoms with E-state index in [-0.39, 0.29) is 18.5 Å². The van der Waals surface area contributed by atoms with Crippen molar-refractivity contribution >= 4 is 35.1 Å². The van der Waals surface area contributed by atoms with Gasteiger partial charge in [-0.3, -0.25) is 4.79 Å². The van der Waals surface area contributed by atoms with Crippen molar-refractivity contribution in [3.63, 3.8) is 0 Å². The van der Waals surface area contributed by atoms with Gasteiger partial charge in [-0.15, -0.1) is 0 Å². The standard InChI is InChI=1S/C19H17Cl2NO3/c20-15-9-8-14(11-16(15)21)18(23)22-10-4-7-17(22)19(24)25-12-13-5-2-1-3-6-13/h1-3,5-6,8-9,11,17H,4,7,10,12H2. The maximum Gasteiger partial charge on any atom is 0.329 e. The fourth-order valence-corrected chi connectivity index (χ4v) is 3.17. The summed E-state index contributed by atoms with van der Waals surface area (Å²) >= 11 is 11.9. The second kappa shape index (κ2) is 7.89. The molecule has 0 spiro atoms. The van der Waals surface area contributed by atoms with E-state index < -0.39 is 6.04 Å². The SMILES string of the molecule is O=C(OCc1ccccc1)C1CCCN1C(=O)c1ccc(Cl)c(Cl)c1. The minimum atomic E-state index is -0.564. The Kier molecular flexibility index (Phi) is 5.61. The topological polar surface area (TPSA) is 46.6 Å². The van der Waals surface area contributed by atoms with E-state index in [0.717, 1.165) is 12.0 Å². The van der Waals surface area contributed by atoms with Crippen molar-refractivity contribution in [3.05, 3.63) is 69.7 Å². The van der Waals surface area contributed by atoms with Gasteiger partial charge >= 0.3 is 5.97 Å². The van der Waals surface area contributed by atoms with E-state index in [4.69, 9.17) is 27.9 Å². The zero-order valence-electron chi connectivity index (χ0n) is 13.5. The summed E-state index contributed by atoms with van der Waals surface area (Å²) in [6, 6.07) is 13.6. The van der Waals surface area contributed by atoms with E-state index in [1.807, 2.05) is 30.3 Å². The number of ether oxygens (including phenoxy) is 1. The highest BCUT2D eigenvalue weighted by molar-refractivity contribution is 6.42. The number of amides is 1. The lowest BCUT2D eigenvalue weighted by molar-refractivity contribution is -0.149. The number of esters is 1. The molecule has 1 unspecified atom stereocenters. The van der Waals surface area contributed by atoms with Crippen LogP contribution in [0.2, 0.25) is 10.0 Å². The van der Waals surface area contributed by atoms with Crippen LogP contribution >= 0.6 is 23.2 Å². The number of hydrogen-bond acceptors (Lipinski definition) is 3. The van der Waals surface area contributed by atoms with E-state index in [9.17, 15) is 9.59 Å². The van der Waals surface area contributed by atoms with Crippen LogP contribution in [0, 0.1) is 0 Å². The number of carbonyl (C=O) groups excluding carboxylic acids is 2. The Bertz CT molecular complexity index is 779. The van der Waals surface area contributed by atoms with Crippen LogP contribution in [0.25, 0.3) is 0 Å². The monoisotopic (exact) mass is 377 g/mol. The highest BCUT2D eigenvalue weighted by Gasteiger charge is 2.35. The molecule has 4 nitrogen and oxygen atoms in total. The Balaban J connectivity index is 1.67. The largest absolute Gasteiger partial charge is 0.459 e. The average Bonchev–Trinajstić information content (AvgIpc) is 3.12. The van der Waals surface area contributed by atoms with E-state index in [0.29, 0.717) is 28.6 Å². The lowest BCUT2D eigenvalue weighted by atomic mass is 10.1. The van der Waals surface area contributed by atoms with Crippen LogP contribution in [0.1, 0.15) is 28.8 Å². The van der Waals surface area contributed by atoms with Crippen LogP contribution in [0.3, 0.4) is 0 Å². The molecule has 0 aromatic heterocycles. The lowest BCUT2D eigenvalue weighted by Gasteiger charge is -2.23. The molecule has 0 radical (unpaired) electrons. The number of likely N-dealkylation sites (tertiary alicyclic amines) is 1. The van der Waals surface area contributed by atoms with Gasteiger partial charge in [0.15, 0.2) is 0 Å². The minimum Gasteiger partial charge on any atom is -0.459 e. The summed E-state index contributed by atoms with van der Waals surface area (Å²) in [6.45, 7) is 0.717. The van der Waals surface area contributed by atoms with Crippen LogP contribution < -0.4 is 0 Å². The second-order valence-electron chi connectivity index (χ2n) is 5.88. The fourth-order valence-electron chi connectivity index (χ4n) is 2.87. The number of nitrogens with zero attached hydrogens (tertiary/aromatic N) is 1. The number of rotatable bonds is 4. The molecule has 1 fully saturated rings. The maximum atomic E-state index is 12.7. The molecule has 2 aromatic rings. The molecular weight excluding hydrogens is 361 g/mol. The highest BCUT2D eigenvalue weighted by Crippen LogP contribution is 2.26. The van der Waals surface area contributed by atoms with E-state index in [1.54, 1.807) is 17.0 Å². The summed E-state index contributed by atoms with van der Waals surface area (Å²) in [4.78, 5) is 26.7. The summed E-state index contributed by atoms with van der Waals surface area (Å²) in [5.41, 5.74) is 1.33. The molecule has 1 aliphatic heterocycles. The Morgan fingerprint density at radius 1 is 1.08 bits per heavy atom. The van der Waals surface area contributed by atoms with Gasteiger partial charge in [0.2, 0.25) is 0 Å². The zero-order chi connectivity index (χ0) is 17.8. The van der Waals surface area contributed by atoms with Gasteiger partial charge in [0.25, 0.3) is 5.91 Å². The van der Waals surface area contributed by atoms with Crippen molar-refractivity contribution in [2.45, 2.75) is 25.5 Å². The molecule has 6 heteroatoms. The predicted molar refractivity (Wildman–Crippen MR) is 96.8 cm³/mol. The Labute approximate surface area is 156 Å². The van der Waals surface area contributed by atoms with Crippen LogP contribution in [0.15, 0.2) is 48.5 Å². The van der Waals surface area contributed by atoms with Crippen molar-refractivity contribution in [2.24, 2.45) is 0 Å². The number of benzene rings is 2. The molecule has 3 rings (SSSR count). The first-order valence-corrected chi connectivity index (χ1v) is 8.78. The third kappa shape index (κ3) is 4.14. The fraction of sp³-hybridized carbons (Fsp3) is 0.263. The van der Waals surface area contributed by atoms with Crippen molar-refractivity contribution < 1.29 is 14.3 Å². The molecule has 0 aliphatic carbocycles. The smallest absolute Gasteiger partial charge is 0.329 e. The highest BCUT2D eigenvalue weighted by atomic mass is 35.5. The summed E-state index contributed by atoms with van der Waals surface area (Å²) < 4.78 is 5.39. The zero-order valence-corrected chi connectivity index (χ0v) is 15.0. The summed E-state index contributed by atoms with van der Waals surface area (Å²) in [6.07, 6.45) is 1.36. The minimum absolute atomic E-state index is 0.199. The van der Waals surface area contributed by atoms with Crippen molar-refractivity contribution in [1.29, 1.82) is 0 Å². The molecular formula is C19H17Cl2NO3. The first-order chi connectivity index (χ1) is 12.1. The lowest BCUT2D eigenvalue weighted by Crippen LogP contribution is -2.41. The molecule has 1 atom stereocenters. The van der Waals surface area contributed by atoms with E-state index >= 15 is 0 Å². The summed E-state index contributed by atoms with van der Waals surface area (Å²) in [7, 11) is 0. The van der Waals surface area contributed by atoms with Crippen molar-refractivity contribution in [1.82, 2.24) is 4.90 Å². The van der Waals surface area contributed by atoms with Crippen LogP contribution in [-0.2, 0) is 16.1 Å². The summed E-state index contributed by atoms with van der Waals surface area (Å²) in [5.74, 6) is -0.618. The Morgan fingerprint density at radius 2 is 1.84 bits per heavy atom. The van der Waals surface area contributed by atoms with Crippen LogP contribution in [-0.4, -0.2) is 29.4 Å². The normalized spacial score (nSPS) is 16.7. The van der Waals surface area contributed by atoms with Gasteiger partial charge in [0.05, 0.1) is 10.0 Å². The molecule has 130 valence electrons. The van der Waals surface area contributed by atoms with Gasteiger partial charge in [0, 0.05) is 12.1 Å². The first-order valence-electron chi connectivity index (χ1n) is 8.03.